The van der Waals surface area contributed by atoms with Crippen LogP contribution in [0.15, 0.2) is 47.5 Å². The molecule has 2 N–H and O–H groups in total. The van der Waals surface area contributed by atoms with Crippen molar-refractivity contribution >= 4 is 29.9 Å². The van der Waals surface area contributed by atoms with E-state index in [1.807, 2.05) is 49.4 Å². The van der Waals surface area contributed by atoms with Crippen LogP contribution in [0.25, 0.3) is 0 Å². The van der Waals surface area contributed by atoms with Gasteiger partial charge in [0.25, 0.3) is 0 Å². The van der Waals surface area contributed by atoms with Gasteiger partial charge in [-0.2, -0.15) is 5.26 Å². The second-order valence-corrected chi connectivity index (χ2v) is 5.55. The average molecular weight is 480 g/mol. The smallest absolute Gasteiger partial charge is 0.191 e. The second-order valence-electron chi connectivity index (χ2n) is 5.55. The lowest BCUT2D eigenvalue weighted by atomic mass is 10.1. The van der Waals surface area contributed by atoms with Crippen molar-refractivity contribution in [3.8, 4) is 17.6 Å². The van der Waals surface area contributed by atoms with E-state index in [1.54, 1.807) is 14.2 Å². The van der Waals surface area contributed by atoms with Crippen LogP contribution < -0.4 is 20.1 Å². The van der Waals surface area contributed by atoms with Gasteiger partial charge in [-0.1, -0.05) is 18.2 Å². The van der Waals surface area contributed by atoms with Crippen molar-refractivity contribution in [2.75, 3.05) is 20.8 Å². The van der Waals surface area contributed by atoms with E-state index in [2.05, 4.69) is 21.7 Å². The summed E-state index contributed by atoms with van der Waals surface area (Å²) >= 11 is 0. The zero-order chi connectivity index (χ0) is 18.8. The van der Waals surface area contributed by atoms with Gasteiger partial charge in [-0.05, 0) is 42.3 Å². The number of nitrogens with zero attached hydrogens (tertiary/aromatic N) is 2. The van der Waals surface area contributed by atoms with Crippen LogP contribution >= 0.6 is 24.0 Å². The van der Waals surface area contributed by atoms with Gasteiger partial charge in [-0.15, -0.1) is 24.0 Å². The van der Waals surface area contributed by atoms with Crippen LogP contribution in [0, 0.1) is 11.3 Å². The number of halogens is 1. The molecule has 2 aromatic rings. The first-order valence-electron chi connectivity index (χ1n) is 8.42. The Morgan fingerprint density at radius 1 is 1.00 bits per heavy atom. The number of nitriles is 1. The zero-order valence-electron chi connectivity index (χ0n) is 15.8. The van der Waals surface area contributed by atoms with Gasteiger partial charge >= 0.3 is 0 Å². The fourth-order valence-electron chi connectivity index (χ4n) is 2.37. The number of hydrogen-bond acceptors (Lipinski definition) is 4. The predicted molar refractivity (Wildman–Crippen MR) is 118 cm³/mol. The van der Waals surface area contributed by atoms with Gasteiger partial charge < -0.3 is 20.1 Å². The average Bonchev–Trinajstić information content (AvgIpc) is 2.70. The highest BCUT2D eigenvalue weighted by Gasteiger charge is 2.05. The minimum Gasteiger partial charge on any atom is -0.493 e. The summed E-state index contributed by atoms with van der Waals surface area (Å²) < 4.78 is 10.6. The number of methoxy groups -OCH3 is 2. The Balaban J connectivity index is 0.00000364. The summed E-state index contributed by atoms with van der Waals surface area (Å²) in [4.78, 5) is 4.61. The molecule has 0 radical (unpaired) electrons. The fourth-order valence-corrected chi connectivity index (χ4v) is 2.37. The van der Waals surface area contributed by atoms with E-state index in [9.17, 15) is 0 Å². The largest absolute Gasteiger partial charge is 0.493 e. The molecule has 2 aromatic carbocycles. The van der Waals surface area contributed by atoms with E-state index >= 15 is 0 Å². The van der Waals surface area contributed by atoms with Crippen LogP contribution in [-0.2, 0) is 13.1 Å². The van der Waals surface area contributed by atoms with E-state index < -0.39 is 0 Å². The van der Waals surface area contributed by atoms with Gasteiger partial charge in [0.05, 0.1) is 32.4 Å². The third-order valence-electron chi connectivity index (χ3n) is 3.75. The molecule has 0 saturated carbocycles. The van der Waals surface area contributed by atoms with Gasteiger partial charge in [0.15, 0.2) is 17.5 Å². The monoisotopic (exact) mass is 480 g/mol. The van der Waals surface area contributed by atoms with Gasteiger partial charge in [-0.25, -0.2) is 4.99 Å². The van der Waals surface area contributed by atoms with Crippen molar-refractivity contribution in [2.45, 2.75) is 20.0 Å². The summed E-state index contributed by atoms with van der Waals surface area (Å²) in [5.41, 5.74) is 2.77. The van der Waals surface area contributed by atoms with E-state index in [0.717, 1.165) is 23.6 Å². The van der Waals surface area contributed by atoms with Gasteiger partial charge in [0.2, 0.25) is 0 Å². The molecule has 0 bridgehead atoms. The molecule has 0 heterocycles. The summed E-state index contributed by atoms with van der Waals surface area (Å²) in [6, 6.07) is 15.4. The molecule has 7 heteroatoms. The van der Waals surface area contributed by atoms with E-state index in [0.29, 0.717) is 30.2 Å². The Morgan fingerprint density at radius 3 is 2.26 bits per heavy atom. The van der Waals surface area contributed by atoms with Crippen molar-refractivity contribution in [1.29, 1.82) is 5.26 Å². The quantitative estimate of drug-likeness (QED) is 0.361. The minimum atomic E-state index is 0. The molecular formula is C20H25IN4O2. The van der Waals surface area contributed by atoms with Crippen molar-refractivity contribution in [2.24, 2.45) is 4.99 Å². The lowest BCUT2D eigenvalue weighted by Gasteiger charge is -2.12. The maximum absolute atomic E-state index is 8.85. The number of rotatable bonds is 7. The molecule has 0 fully saturated rings. The molecule has 0 spiro atoms. The van der Waals surface area contributed by atoms with E-state index in [-0.39, 0.29) is 24.0 Å². The maximum atomic E-state index is 8.85. The number of nitrogens with one attached hydrogen (secondary N) is 2. The summed E-state index contributed by atoms with van der Waals surface area (Å²) in [5, 5.41) is 15.4. The summed E-state index contributed by atoms with van der Waals surface area (Å²) in [6.45, 7) is 3.94. The first kappa shape index (κ1) is 22.6. The molecule has 6 nitrogen and oxygen atoms in total. The number of benzene rings is 2. The summed E-state index contributed by atoms with van der Waals surface area (Å²) in [5.74, 6) is 2.12. The van der Waals surface area contributed by atoms with Crippen molar-refractivity contribution in [3.63, 3.8) is 0 Å². The number of hydrogen-bond donors (Lipinski definition) is 2. The summed E-state index contributed by atoms with van der Waals surface area (Å²) in [7, 11) is 3.24. The highest BCUT2D eigenvalue weighted by molar-refractivity contribution is 14.0. The lowest BCUT2D eigenvalue weighted by Crippen LogP contribution is -2.36. The number of aliphatic imine (C=N–C) groups is 1. The molecule has 0 atom stereocenters. The number of ether oxygens (including phenoxy) is 2. The van der Waals surface area contributed by atoms with Crippen molar-refractivity contribution in [1.82, 2.24) is 10.6 Å². The maximum Gasteiger partial charge on any atom is 0.191 e. The molecule has 0 aliphatic rings. The molecule has 2 rings (SSSR count). The summed E-state index contributed by atoms with van der Waals surface area (Å²) in [6.07, 6.45) is 0. The Hall–Kier alpha value is -2.47. The van der Waals surface area contributed by atoms with E-state index in [4.69, 9.17) is 14.7 Å². The number of guanidine groups is 1. The zero-order valence-corrected chi connectivity index (χ0v) is 18.1. The highest BCUT2D eigenvalue weighted by atomic mass is 127. The molecule has 0 aliphatic carbocycles. The highest BCUT2D eigenvalue weighted by Crippen LogP contribution is 2.27. The molecule has 0 saturated heterocycles. The predicted octanol–water partition coefficient (Wildman–Crippen LogP) is 3.45. The molecule has 0 aromatic heterocycles. The van der Waals surface area contributed by atoms with Crippen LogP contribution in [0.1, 0.15) is 23.6 Å². The van der Waals surface area contributed by atoms with Crippen LogP contribution in [0.2, 0.25) is 0 Å². The molecule has 27 heavy (non-hydrogen) atoms. The Labute approximate surface area is 177 Å². The van der Waals surface area contributed by atoms with Crippen LogP contribution in [0.5, 0.6) is 11.5 Å². The SMILES string of the molecule is CCNC(=NCc1ccc(OC)c(OC)c1)NCc1ccc(C#N)cc1.I. The third-order valence-corrected chi connectivity index (χ3v) is 3.75. The third kappa shape index (κ3) is 6.98. The first-order valence-corrected chi connectivity index (χ1v) is 8.42. The molecule has 144 valence electrons. The van der Waals surface area contributed by atoms with Gasteiger partial charge in [-0.3, -0.25) is 0 Å². The molecule has 0 aliphatic heterocycles. The van der Waals surface area contributed by atoms with Crippen LogP contribution in [-0.4, -0.2) is 26.7 Å². The van der Waals surface area contributed by atoms with Gasteiger partial charge in [0, 0.05) is 13.1 Å². The molecule has 0 unspecified atom stereocenters. The minimum absolute atomic E-state index is 0. The Kier molecular flexibility index (Phi) is 10.0. The molecule has 0 amide bonds. The standard InChI is InChI=1S/C20H24N4O2.HI/c1-4-22-20(23-13-16-7-5-15(12-21)6-8-16)24-14-17-9-10-18(25-2)19(11-17)26-3;/h5-11H,4,13-14H2,1-3H3,(H2,22,23,24);1H. The van der Waals surface area contributed by atoms with Gasteiger partial charge in [0.1, 0.15) is 0 Å². The Bertz CT molecular complexity index is 786. The first-order chi connectivity index (χ1) is 12.7. The normalized spacial score (nSPS) is 10.4. The van der Waals surface area contributed by atoms with Crippen LogP contribution in [0.4, 0.5) is 0 Å². The Morgan fingerprint density at radius 2 is 1.67 bits per heavy atom. The fraction of sp³-hybridized carbons (Fsp3) is 0.300. The van der Waals surface area contributed by atoms with E-state index in [1.165, 1.54) is 0 Å². The van der Waals surface area contributed by atoms with Crippen molar-refractivity contribution < 1.29 is 9.47 Å². The van der Waals surface area contributed by atoms with Crippen LogP contribution in [0.3, 0.4) is 0 Å². The van der Waals surface area contributed by atoms with Crippen molar-refractivity contribution in [3.05, 3.63) is 59.2 Å². The molecular weight excluding hydrogens is 455 g/mol. The second kappa shape index (κ2) is 12.0. The lowest BCUT2D eigenvalue weighted by molar-refractivity contribution is 0.354. The topological polar surface area (TPSA) is 78.7 Å².